The smallest absolute Gasteiger partial charge is 0.296 e. The number of hydrogen-bond acceptors (Lipinski definition) is 7. The van der Waals surface area contributed by atoms with Crippen molar-refractivity contribution in [3.05, 3.63) is 98.2 Å². The van der Waals surface area contributed by atoms with Crippen molar-refractivity contribution in [2.45, 2.75) is 33.7 Å². The molecular formula is C29H23N3O3S2. The molecule has 2 aromatic heterocycles. The van der Waals surface area contributed by atoms with Gasteiger partial charge in [0.15, 0.2) is 10.9 Å². The summed E-state index contributed by atoms with van der Waals surface area (Å²) < 4.78 is 0.949. The number of thiazole rings is 2. The Labute approximate surface area is 221 Å². The fraction of sp³-hybridized carbons (Fsp3) is 0.172. The van der Waals surface area contributed by atoms with Crippen molar-refractivity contribution in [3.8, 4) is 0 Å². The van der Waals surface area contributed by atoms with E-state index in [1.165, 1.54) is 27.6 Å². The Balaban J connectivity index is 1.61. The van der Waals surface area contributed by atoms with Gasteiger partial charge in [0.2, 0.25) is 5.78 Å². The highest BCUT2D eigenvalue weighted by Crippen LogP contribution is 2.46. The van der Waals surface area contributed by atoms with Gasteiger partial charge in [-0.15, -0.1) is 11.3 Å². The summed E-state index contributed by atoms with van der Waals surface area (Å²) in [6.07, 6.45) is 0. The van der Waals surface area contributed by atoms with Crippen molar-refractivity contribution < 1.29 is 14.7 Å². The monoisotopic (exact) mass is 525 g/mol. The number of hydrogen-bond donors (Lipinski definition) is 1. The van der Waals surface area contributed by atoms with E-state index in [2.05, 4.69) is 11.1 Å². The molecule has 3 aromatic carbocycles. The maximum Gasteiger partial charge on any atom is 0.296 e. The van der Waals surface area contributed by atoms with Crippen LogP contribution in [0.2, 0.25) is 0 Å². The highest BCUT2D eigenvalue weighted by atomic mass is 32.1. The van der Waals surface area contributed by atoms with Crippen LogP contribution in [-0.2, 0) is 4.79 Å². The molecule has 1 aliphatic heterocycles. The second-order valence-corrected chi connectivity index (χ2v) is 11.5. The average molecular weight is 526 g/mol. The SMILES string of the molecule is Cc1cc(C)c2nc(N3C(=O)C(O)=C(C(=O)c4sc(C)nc4C)C3c3cccc4ccccc34)sc2c1. The summed E-state index contributed by atoms with van der Waals surface area (Å²) in [4.78, 5) is 38.8. The molecule has 0 saturated carbocycles. The molecular weight excluding hydrogens is 502 g/mol. The lowest BCUT2D eigenvalue weighted by Crippen LogP contribution is -2.31. The second kappa shape index (κ2) is 8.61. The highest BCUT2D eigenvalue weighted by Gasteiger charge is 2.47. The Kier molecular flexibility index (Phi) is 5.47. The summed E-state index contributed by atoms with van der Waals surface area (Å²) in [7, 11) is 0. The number of nitrogens with zero attached hydrogens (tertiary/aromatic N) is 3. The van der Waals surface area contributed by atoms with Crippen LogP contribution in [0.15, 0.2) is 65.9 Å². The molecule has 184 valence electrons. The van der Waals surface area contributed by atoms with Crippen molar-refractivity contribution in [1.82, 2.24) is 9.97 Å². The fourth-order valence-electron chi connectivity index (χ4n) is 5.14. The minimum Gasteiger partial charge on any atom is -0.503 e. The number of rotatable bonds is 4. The van der Waals surface area contributed by atoms with E-state index < -0.39 is 17.7 Å². The molecule has 37 heavy (non-hydrogen) atoms. The van der Waals surface area contributed by atoms with Gasteiger partial charge in [-0.3, -0.25) is 14.5 Å². The molecule has 1 amide bonds. The number of aryl methyl sites for hydroxylation is 4. The average Bonchev–Trinajstić information content (AvgIpc) is 3.51. The molecule has 3 heterocycles. The number of amides is 1. The molecule has 1 N–H and O–H groups in total. The third-order valence-corrected chi connectivity index (χ3v) is 8.78. The minimum atomic E-state index is -0.838. The maximum atomic E-state index is 14.0. The fourth-order valence-corrected chi connectivity index (χ4v) is 7.19. The predicted molar refractivity (Wildman–Crippen MR) is 149 cm³/mol. The molecule has 1 atom stereocenters. The van der Waals surface area contributed by atoms with Gasteiger partial charge in [-0.25, -0.2) is 9.97 Å². The zero-order valence-corrected chi connectivity index (χ0v) is 22.3. The van der Waals surface area contributed by atoms with Gasteiger partial charge in [-0.1, -0.05) is 59.9 Å². The van der Waals surface area contributed by atoms with Gasteiger partial charge in [0.25, 0.3) is 5.91 Å². The Morgan fingerprint density at radius 1 is 0.973 bits per heavy atom. The van der Waals surface area contributed by atoms with Crippen LogP contribution < -0.4 is 4.90 Å². The molecule has 0 saturated heterocycles. The van der Waals surface area contributed by atoms with E-state index in [0.717, 1.165) is 42.7 Å². The van der Waals surface area contributed by atoms with Gasteiger partial charge in [0.05, 0.1) is 37.4 Å². The number of aromatic nitrogens is 2. The van der Waals surface area contributed by atoms with E-state index in [9.17, 15) is 14.7 Å². The van der Waals surface area contributed by atoms with Crippen LogP contribution in [0.5, 0.6) is 0 Å². The van der Waals surface area contributed by atoms with Crippen LogP contribution in [-0.4, -0.2) is 26.8 Å². The lowest BCUT2D eigenvalue weighted by Gasteiger charge is -2.25. The number of benzene rings is 3. The molecule has 1 unspecified atom stereocenters. The van der Waals surface area contributed by atoms with Crippen molar-refractivity contribution >= 4 is 60.5 Å². The number of Topliss-reactive ketones (excluding diaryl/α,β-unsaturated/α-hetero) is 1. The normalized spacial score (nSPS) is 15.9. The van der Waals surface area contributed by atoms with Crippen LogP contribution in [0.1, 0.15) is 43.1 Å². The van der Waals surface area contributed by atoms with Gasteiger partial charge in [-0.2, -0.15) is 0 Å². The zero-order valence-electron chi connectivity index (χ0n) is 20.7. The first-order valence-corrected chi connectivity index (χ1v) is 13.5. The third-order valence-electron chi connectivity index (χ3n) is 6.71. The second-order valence-electron chi connectivity index (χ2n) is 9.31. The molecule has 0 aliphatic carbocycles. The lowest BCUT2D eigenvalue weighted by molar-refractivity contribution is -0.117. The number of fused-ring (bicyclic) bond motifs is 2. The molecule has 0 bridgehead atoms. The predicted octanol–water partition coefficient (Wildman–Crippen LogP) is 6.92. The van der Waals surface area contributed by atoms with E-state index in [4.69, 9.17) is 4.98 Å². The lowest BCUT2D eigenvalue weighted by atomic mass is 9.91. The first-order chi connectivity index (χ1) is 17.7. The number of anilines is 1. The molecule has 6 nitrogen and oxygen atoms in total. The Morgan fingerprint density at radius 2 is 1.73 bits per heavy atom. The number of aliphatic hydroxyl groups excluding tert-OH is 1. The molecule has 6 rings (SSSR count). The summed E-state index contributed by atoms with van der Waals surface area (Å²) in [5, 5.41) is 14.3. The van der Waals surface area contributed by atoms with E-state index in [-0.39, 0.29) is 11.4 Å². The molecule has 0 radical (unpaired) electrons. The maximum absolute atomic E-state index is 14.0. The van der Waals surface area contributed by atoms with Gasteiger partial charge < -0.3 is 5.11 Å². The van der Waals surface area contributed by atoms with Crippen LogP contribution in [0.4, 0.5) is 5.13 Å². The minimum absolute atomic E-state index is 0.0558. The molecule has 5 aromatic rings. The van der Waals surface area contributed by atoms with Gasteiger partial charge in [0, 0.05) is 0 Å². The first-order valence-electron chi connectivity index (χ1n) is 11.9. The molecule has 0 spiro atoms. The van der Waals surface area contributed by atoms with Crippen LogP contribution in [0, 0.1) is 27.7 Å². The van der Waals surface area contributed by atoms with E-state index >= 15 is 0 Å². The summed E-state index contributed by atoms with van der Waals surface area (Å²) in [5.41, 5.74) is 4.32. The van der Waals surface area contributed by atoms with E-state index in [1.807, 2.05) is 69.3 Å². The quantitative estimate of drug-likeness (QED) is 0.258. The third kappa shape index (κ3) is 3.67. The van der Waals surface area contributed by atoms with Crippen molar-refractivity contribution in [1.29, 1.82) is 0 Å². The summed E-state index contributed by atoms with van der Waals surface area (Å²) in [6, 6.07) is 16.9. The standard InChI is InChI=1S/C29H23N3O3S2/c1-14-12-15(2)23-21(13-14)37-29(31-23)32-24(20-11-7-9-18-8-5-6-10-19(18)20)22(26(34)28(32)35)25(33)27-16(3)30-17(4)36-27/h5-13,24,34H,1-4H3. The van der Waals surface area contributed by atoms with Crippen molar-refractivity contribution in [3.63, 3.8) is 0 Å². The Bertz CT molecular complexity index is 1790. The Hall–Kier alpha value is -3.88. The number of carbonyl (C=O) groups is 2. The first kappa shape index (κ1) is 23.5. The summed E-state index contributed by atoms with van der Waals surface area (Å²) >= 11 is 2.65. The topological polar surface area (TPSA) is 83.4 Å². The van der Waals surface area contributed by atoms with Crippen molar-refractivity contribution in [2.75, 3.05) is 4.90 Å². The zero-order chi connectivity index (χ0) is 26.0. The highest BCUT2D eigenvalue weighted by molar-refractivity contribution is 7.22. The summed E-state index contributed by atoms with van der Waals surface area (Å²) in [5.74, 6) is -1.56. The van der Waals surface area contributed by atoms with Gasteiger partial charge in [0.1, 0.15) is 0 Å². The van der Waals surface area contributed by atoms with Crippen LogP contribution in [0.25, 0.3) is 21.0 Å². The van der Waals surface area contributed by atoms with Crippen LogP contribution in [0.3, 0.4) is 0 Å². The van der Waals surface area contributed by atoms with Crippen LogP contribution >= 0.6 is 22.7 Å². The van der Waals surface area contributed by atoms with Gasteiger partial charge >= 0.3 is 0 Å². The molecule has 1 aliphatic rings. The number of ketones is 1. The molecule has 8 heteroatoms. The Morgan fingerprint density at radius 3 is 2.49 bits per heavy atom. The van der Waals surface area contributed by atoms with Crippen molar-refractivity contribution in [2.24, 2.45) is 0 Å². The molecule has 0 fully saturated rings. The van der Waals surface area contributed by atoms with E-state index in [0.29, 0.717) is 15.7 Å². The number of aliphatic hydroxyl groups is 1. The number of carbonyl (C=O) groups excluding carboxylic acids is 2. The van der Waals surface area contributed by atoms with Gasteiger partial charge in [-0.05, 0) is 61.2 Å². The van der Waals surface area contributed by atoms with E-state index in [1.54, 1.807) is 6.92 Å². The largest absolute Gasteiger partial charge is 0.503 e. The summed E-state index contributed by atoms with van der Waals surface area (Å²) in [6.45, 7) is 7.62.